The van der Waals surface area contributed by atoms with Gasteiger partial charge in [0.2, 0.25) is 0 Å². The largest absolute Gasteiger partial charge is 0.0648 e. The molecule has 2 unspecified atom stereocenters. The second-order valence-corrected chi connectivity index (χ2v) is 5.11. The number of hydrogen-bond acceptors (Lipinski definition) is 0. The zero-order valence-corrected chi connectivity index (χ0v) is 11.6. The van der Waals surface area contributed by atoms with Gasteiger partial charge >= 0.3 is 0 Å². The smallest absolute Gasteiger partial charge is 0.00610 e. The van der Waals surface area contributed by atoms with Crippen LogP contribution < -0.4 is 0 Å². The average Bonchev–Trinajstić information content (AvgIpc) is 2.47. The summed E-state index contributed by atoms with van der Waals surface area (Å²) >= 11 is 0. The Labute approximate surface area is 111 Å². The lowest BCUT2D eigenvalue weighted by molar-refractivity contribution is 0.732. The molecule has 0 nitrogen and oxygen atoms in total. The second-order valence-electron chi connectivity index (χ2n) is 5.11. The van der Waals surface area contributed by atoms with E-state index in [1.807, 2.05) is 0 Å². The van der Waals surface area contributed by atoms with Gasteiger partial charge in [-0.15, -0.1) is 0 Å². The topological polar surface area (TPSA) is 0 Å². The van der Waals surface area contributed by atoms with E-state index in [4.69, 9.17) is 0 Å². The normalized spacial score (nSPS) is 14.2. The third-order valence-corrected chi connectivity index (χ3v) is 3.92. The van der Waals surface area contributed by atoms with Gasteiger partial charge in [0, 0.05) is 5.92 Å². The Hall–Kier alpha value is -1.56. The molecule has 0 heteroatoms. The predicted molar refractivity (Wildman–Crippen MR) is 79.1 cm³/mol. The summed E-state index contributed by atoms with van der Waals surface area (Å²) < 4.78 is 0. The molecule has 0 aliphatic rings. The first-order valence-electron chi connectivity index (χ1n) is 6.87. The van der Waals surface area contributed by atoms with E-state index in [1.165, 1.54) is 23.1 Å². The monoisotopic (exact) mass is 238 g/mol. The van der Waals surface area contributed by atoms with Crippen molar-refractivity contribution in [2.45, 2.75) is 39.0 Å². The molecule has 18 heavy (non-hydrogen) atoms. The van der Waals surface area contributed by atoms with Crippen molar-refractivity contribution in [3.05, 3.63) is 71.3 Å². The van der Waals surface area contributed by atoms with Crippen molar-refractivity contribution in [3.8, 4) is 0 Å². The van der Waals surface area contributed by atoms with E-state index in [0.29, 0.717) is 11.8 Å². The molecule has 2 atom stereocenters. The van der Waals surface area contributed by atoms with E-state index in [2.05, 4.69) is 75.4 Å². The maximum atomic E-state index is 2.29. The number of hydrogen-bond donors (Lipinski definition) is 0. The molecule has 0 aliphatic heterocycles. The van der Waals surface area contributed by atoms with Gasteiger partial charge in [-0.1, -0.05) is 75.4 Å². The zero-order chi connectivity index (χ0) is 13.0. The van der Waals surface area contributed by atoms with Crippen molar-refractivity contribution in [2.75, 3.05) is 0 Å². The molecule has 0 amide bonds. The Morgan fingerprint density at radius 3 is 1.78 bits per heavy atom. The van der Waals surface area contributed by atoms with Crippen molar-refractivity contribution in [3.63, 3.8) is 0 Å². The molecule has 0 aromatic heterocycles. The molecule has 0 heterocycles. The molecule has 2 rings (SSSR count). The minimum Gasteiger partial charge on any atom is -0.0648 e. The second kappa shape index (κ2) is 5.86. The summed E-state index contributed by atoms with van der Waals surface area (Å²) in [6.07, 6.45) is 1.20. The summed E-state index contributed by atoms with van der Waals surface area (Å²) in [5.41, 5.74) is 4.23. The van der Waals surface area contributed by atoms with Crippen LogP contribution in [0.25, 0.3) is 0 Å². The number of benzene rings is 2. The van der Waals surface area contributed by atoms with E-state index in [0.717, 1.165) is 0 Å². The summed E-state index contributed by atoms with van der Waals surface area (Å²) in [5, 5.41) is 0. The lowest BCUT2D eigenvalue weighted by Crippen LogP contribution is -1.97. The third kappa shape index (κ3) is 2.81. The molecule has 0 N–H and O–H groups in total. The summed E-state index contributed by atoms with van der Waals surface area (Å²) in [5.74, 6) is 1.13. The van der Waals surface area contributed by atoms with E-state index >= 15 is 0 Å². The first kappa shape index (κ1) is 12.9. The van der Waals surface area contributed by atoms with Gasteiger partial charge in [-0.3, -0.25) is 0 Å². The van der Waals surface area contributed by atoms with Crippen LogP contribution >= 0.6 is 0 Å². The van der Waals surface area contributed by atoms with Crippen LogP contribution in [0.5, 0.6) is 0 Å². The van der Waals surface area contributed by atoms with Crippen LogP contribution in [0, 0.1) is 0 Å². The maximum Gasteiger partial charge on any atom is 0.00610 e. The van der Waals surface area contributed by atoms with Crippen molar-refractivity contribution in [1.82, 2.24) is 0 Å². The van der Waals surface area contributed by atoms with Crippen LogP contribution in [-0.4, -0.2) is 0 Å². The molecule has 2 aromatic rings. The van der Waals surface area contributed by atoms with Gasteiger partial charge < -0.3 is 0 Å². The van der Waals surface area contributed by atoms with Gasteiger partial charge in [0.05, 0.1) is 0 Å². The maximum absolute atomic E-state index is 2.29. The molecule has 0 spiro atoms. The van der Waals surface area contributed by atoms with Gasteiger partial charge in [-0.2, -0.15) is 0 Å². The highest BCUT2D eigenvalue weighted by Gasteiger charge is 2.08. The van der Waals surface area contributed by atoms with Crippen LogP contribution in [0.4, 0.5) is 0 Å². The molecule has 2 aromatic carbocycles. The molecule has 0 fully saturated rings. The fraction of sp³-hybridized carbons (Fsp3) is 0.333. The predicted octanol–water partition coefficient (Wildman–Crippen LogP) is 5.35. The van der Waals surface area contributed by atoms with E-state index in [1.54, 1.807) is 0 Å². The molecule has 0 saturated heterocycles. The minimum absolute atomic E-state index is 0.470. The Morgan fingerprint density at radius 2 is 1.22 bits per heavy atom. The summed E-state index contributed by atoms with van der Waals surface area (Å²) in [6.45, 7) is 6.80. The fourth-order valence-electron chi connectivity index (χ4n) is 2.28. The first-order valence-corrected chi connectivity index (χ1v) is 6.87. The molecule has 94 valence electrons. The lowest BCUT2D eigenvalue weighted by atomic mass is 9.90. The summed E-state index contributed by atoms with van der Waals surface area (Å²) in [4.78, 5) is 0. The van der Waals surface area contributed by atoms with Gasteiger partial charge in [0.1, 0.15) is 0 Å². The SMILES string of the molecule is CCC(C)c1ccc(C(C)c2ccccc2)cc1. The van der Waals surface area contributed by atoms with Crippen molar-refractivity contribution in [2.24, 2.45) is 0 Å². The minimum atomic E-state index is 0.470. The van der Waals surface area contributed by atoms with E-state index in [9.17, 15) is 0 Å². The highest BCUT2D eigenvalue weighted by molar-refractivity contribution is 5.34. The Balaban J connectivity index is 2.19. The van der Waals surface area contributed by atoms with Crippen LogP contribution in [0.15, 0.2) is 54.6 Å². The lowest BCUT2D eigenvalue weighted by Gasteiger charge is -2.14. The third-order valence-electron chi connectivity index (χ3n) is 3.92. The molecule has 0 bridgehead atoms. The highest BCUT2D eigenvalue weighted by atomic mass is 14.1. The first-order chi connectivity index (χ1) is 8.72. The molecule has 0 aliphatic carbocycles. The van der Waals surface area contributed by atoms with Gasteiger partial charge in [-0.25, -0.2) is 0 Å². The quantitative estimate of drug-likeness (QED) is 0.673. The van der Waals surface area contributed by atoms with Gasteiger partial charge in [0.15, 0.2) is 0 Å². The Kier molecular flexibility index (Phi) is 4.19. The Bertz CT molecular complexity index is 467. The molecular formula is C18H22. The summed E-state index contributed by atoms with van der Waals surface area (Å²) in [6, 6.07) is 19.8. The number of rotatable bonds is 4. The van der Waals surface area contributed by atoms with Crippen LogP contribution in [0.3, 0.4) is 0 Å². The van der Waals surface area contributed by atoms with Gasteiger partial charge in [-0.05, 0) is 29.0 Å². The van der Waals surface area contributed by atoms with Crippen molar-refractivity contribution >= 4 is 0 Å². The zero-order valence-electron chi connectivity index (χ0n) is 11.6. The van der Waals surface area contributed by atoms with Crippen molar-refractivity contribution < 1.29 is 0 Å². The van der Waals surface area contributed by atoms with Crippen LogP contribution in [0.2, 0.25) is 0 Å². The average molecular weight is 238 g/mol. The molecular weight excluding hydrogens is 216 g/mol. The van der Waals surface area contributed by atoms with E-state index in [-0.39, 0.29) is 0 Å². The highest BCUT2D eigenvalue weighted by Crippen LogP contribution is 2.26. The summed E-state index contributed by atoms with van der Waals surface area (Å²) in [7, 11) is 0. The van der Waals surface area contributed by atoms with Crippen LogP contribution in [0.1, 0.15) is 55.7 Å². The molecule has 0 radical (unpaired) electrons. The molecule has 0 saturated carbocycles. The standard InChI is InChI=1S/C18H22/c1-4-14(2)16-10-12-18(13-11-16)15(3)17-8-6-5-7-9-17/h5-15H,4H2,1-3H3. The van der Waals surface area contributed by atoms with Gasteiger partial charge in [0.25, 0.3) is 0 Å². The fourth-order valence-corrected chi connectivity index (χ4v) is 2.28. The Morgan fingerprint density at radius 1 is 0.722 bits per heavy atom. The van der Waals surface area contributed by atoms with Crippen molar-refractivity contribution in [1.29, 1.82) is 0 Å². The van der Waals surface area contributed by atoms with Crippen LogP contribution in [-0.2, 0) is 0 Å². The van der Waals surface area contributed by atoms with E-state index < -0.39 is 0 Å².